The van der Waals surface area contributed by atoms with Gasteiger partial charge < -0.3 is 15.1 Å². The van der Waals surface area contributed by atoms with Crippen molar-refractivity contribution in [3.05, 3.63) is 59.2 Å². The Morgan fingerprint density at radius 2 is 1.68 bits per heavy atom. The van der Waals surface area contributed by atoms with E-state index in [9.17, 15) is 27.6 Å². The quantitative estimate of drug-likeness (QED) is 0.634. The summed E-state index contributed by atoms with van der Waals surface area (Å²) in [5.74, 6) is -5.81. The molecule has 3 rings (SSSR count). The van der Waals surface area contributed by atoms with Gasteiger partial charge in [0.1, 0.15) is 0 Å². The molecule has 1 fully saturated rings. The Bertz CT molecular complexity index is 930. The van der Waals surface area contributed by atoms with Crippen LogP contribution in [0.3, 0.4) is 0 Å². The smallest absolute Gasteiger partial charge is 0.257 e. The van der Waals surface area contributed by atoms with E-state index in [-0.39, 0.29) is 17.0 Å². The van der Waals surface area contributed by atoms with Gasteiger partial charge in [-0.3, -0.25) is 19.4 Å². The van der Waals surface area contributed by atoms with E-state index in [1.54, 1.807) is 4.90 Å². The number of nitrogens with one attached hydrogen (secondary N) is 1. The minimum Gasteiger partial charge on any atom is -0.342 e. The Balaban J connectivity index is 1.74. The summed E-state index contributed by atoms with van der Waals surface area (Å²) in [6.07, 6.45) is 3.16. The summed E-state index contributed by atoms with van der Waals surface area (Å²) in [7, 11) is 0. The van der Waals surface area contributed by atoms with Crippen LogP contribution in [0.2, 0.25) is 0 Å². The second-order valence-electron chi connectivity index (χ2n) is 6.07. The minimum atomic E-state index is -1.70. The molecule has 7 nitrogen and oxygen atoms in total. The van der Waals surface area contributed by atoms with Crippen molar-refractivity contribution >= 4 is 23.9 Å². The summed E-state index contributed by atoms with van der Waals surface area (Å²) >= 11 is 0. The normalized spacial score (nSPS) is 14.0. The fourth-order valence-corrected chi connectivity index (χ4v) is 2.71. The van der Waals surface area contributed by atoms with Gasteiger partial charge in [-0.05, 0) is 18.2 Å². The van der Waals surface area contributed by atoms with Gasteiger partial charge in [-0.25, -0.2) is 13.2 Å². The average Bonchev–Trinajstić information content (AvgIpc) is 2.73. The number of anilines is 1. The van der Waals surface area contributed by atoms with E-state index in [0.717, 1.165) is 12.3 Å². The first-order valence-electron chi connectivity index (χ1n) is 8.29. The largest absolute Gasteiger partial charge is 0.342 e. The van der Waals surface area contributed by atoms with Crippen LogP contribution in [0.1, 0.15) is 20.7 Å². The first-order chi connectivity index (χ1) is 13.4. The highest BCUT2D eigenvalue weighted by atomic mass is 19.2. The molecule has 0 radical (unpaired) electrons. The number of hydrogen-bond donors (Lipinski definition) is 1. The second-order valence-corrected chi connectivity index (χ2v) is 6.07. The summed E-state index contributed by atoms with van der Waals surface area (Å²) in [6, 6.07) is 2.85. The van der Waals surface area contributed by atoms with Gasteiger partial charge >= 0.3 is 0 Å². The molecule has 28 heavy (non-hydrogen) atoms. The lowest BCUT2D eigenvalue weighted by Crippen LogP contribution is -2.48. The number of nitrogens with zero attached hydrogens (tertiary/aromatic N) is 3. The van der Waals surface area contributed by atoms with E-state index in [0.29, 0.717) is 38.7 Å². The summed E-state index contributed by atoms with van der Waals surface area (Å²) in [5.41, 5.74) is -0.454. The molecule has 1 aliphatic rings. The Morgan fingerprint density at radius 1 is 1.00 bits per heavy atom. The lowest BCUT2D eigenvalue weighted by molar-refractivity contribution is -0.119. The molecule has 146 valence electrons. The molecule has 0 bridgehead atoms. The molecule has 1 aromatic carbocycles. The molecular formula is C18H15F3N4O3. The lowest BCUT2D eigenvalue weighted by atomic mass is 10.1. The third-order valence-corrected chi connectivity index (χ3v) is 4.28. The van der Waals surface area contributed by atoms with Crippen LogP contribution in [-0.2, 0) is 4.79 Å². The molecule has 1 saturated heterocycles. The van der Waals surface area contributed by atoms with Crippen molar-refractivity contribution in [2.75, 3.05) is 31.5 Å². The van der Waals surface area contributed by atoms with Crippen molar-refractivity contribution in [3.63, 3.8) is 0 Å². The Morgan fingerprint density at radius 3 is 2.36 bits per heavy atom. The number of piperazine rings is 1. The molecule has 1 aromatic heterocycles. The van der Waals surface area contributed by atoms with Crippen LogP contribution >= 0.6 is 0 Å². The zero-order chi connectivity index (χ0) is 20.3. The first kappa shape index (κ1) is 19.3. The number of amides is 3. The maximum Gasteiger partial charge on any atom is 0.257 e. The highest BCUT2D eigenvalue weighted by Gasteiger charge is 2.23. The van der Waals surface area contributed by atoms with Crippen molar-refractivity contribution in [3.8, 4) is 0 Å². The molecule has 1 aliphatic heterocycles. The highest BCUT2D eigenvalue weighted by molar-refractivity contribution is 6.05. The summed E-state index contributed by atoms with van der Waals surface area (Å²) < 4.78 is 40.0. The summed E-state index contributed by atoms with van der Waals surface area (Å²) in [5, 5.41) is 2.12. The van der Waals surface area contributed by atoms with Gasteiger partial charge in [0, 0.05) is 38.6 Å². The third kappa shape index (κ3) is 3.95. The van der Waals surface area contributed by atoms with E-state index in [4.69, 9.17) is 0 Å². The van der Waals surface area contributed by atoms with Gasteiger partial charge in [0.25, 0.3) is 11.8 Å². The number of benzene rings is 1. The van der Waals surface area contributed by atoms with E-state index in [1.807, 2.05) is 0 Å². The zero-order valence-corrected chi connectivity index (χ0v) is 14.5. The van der Waals surface area contributed by atoms with Crippen molar-refractivity contribution in [2.24, 2.45) is 0 Å². The fourth-order valence-electron chi connectivity index (χ4n) is 2.71. The molecule has 10 heteroatoms. The van der Waals surface area contributed by atoms with E-state index >= 15 is 0 Å². The number of carbonyl (C=O) groups excluding carboxylic acids is 3. The van der Waals surface area contributed by atoms with Gasteiger partial charge in [-0.1, -0.05) is 0 Å². The van der Waals surface area contributed by atoms with Crippen LogP contribution in [0.5, 0.6) is 0 Å². The zero-order valence-electron chi connectivity index (χ0n) is 14.5. The molecule has 3 amide bonds. The van der Waals surface area contributed by atoms with Crippen molar-refractivity contribution in [2.45, 2.75) is 0 Å². The van der Waals surface area contributed by atoms with Gasteiger partial charge in [-0.15, -0.1) is 0 Å². The number of rotatable bonds is 4. The molecule has 2 heterocycles. The van der Waals surface area contributed by atoms with Gasteiger partial charge in [0.15, 0.2) is 17.5 Å². The monoisotopic (exact) mass is 392 g/mol. The number of pyridine rings is 1. The van der Waals surface area contributed by atoms with Gasteiger partial charge in [0.05, 0.1) is 16.8 Å². The topological polar surface area (TPSA) is 82.6 Å². The molecule has 0 unspecified atom stereocenters. The van der Waals surface area contributed by atoms with Gasteiger partial charge in [0.2, 0.25) is 6.41 Å². The van der Waals surface area contributed by atoms with Crippen LogP contribution in [0.15, 0.2) is 30.6 Å². The Kier molecular flexibility index (Phi) is 5.57. The van der Waals surface area contributed by atoms with Crippen LogP contribution < -0.4 is 5.32 Å². The fraction of sp³-hybridized carbons (Fsp3) is 0.222. The second kappa shape index (κ2) is 8.07. The summed E-state index contributed by atoms with van der Waals surface area (Å²) in [6.45, 7) is 1.48. The number of hydrogen-bond acceptors (Lipinski definition) is 4. The standard InChI is InChI=1S/C18H15F3N4O3/c19-13-1-2-14(16(21)15(13)20)23-17(27)11-7-12(9-22-8-11)18(28)25-5-3-24(10-26)4-6-25/h1-2,7-10H,3-6H2,(H,23,27). The van der Waals surface area contributed by atoms with Crippen molar-refractivity contribution in [1.82, 2.24) is 14.8 Å². The predicted octanol–water partition coefficient (Wildman–Crippen LogP) is 1.67. The number of halogens is 3. The van der Waals surface area contributed by atoms with Crippen molar-refractivity contribution < 1.29 is 27.6 Å². The maximum atomic E-state index is 13.7. The van der Waals surface area contributed by atoms with Crippen LogP contribution in [0.4, 0.5) is 18.9 Å². The molecule has 0 saturated carbocycles. The highest BCUT2D eigenvalue weighted by Crippen LogP contribution is 2.20. The Hall–Kier alpha value is -3.43. The Labute approximate surface area is 157 Å². The van der Waals surface area contributed by atoms with Crippen molar-refractivity contribution in [1.29, 1.82) is 0 Å². The third-order valence-electron chi connectivity index (χ3n) is 4.28. The first-order valence-corrected chi connectivity index (χ1v) is 8.29. The lowest BCUT2D eigenvalue weighted by Gasteiger charge is -2.32. The summed E-state index contributed by atoms with van der Waals surface area (Å²) in [4.78, 5) is 42.5. The van der Waals surface area contributed by atoms with Crippen LogP contribution in [0, 0.1) is 17.5 Å². The molecule has 2 aromatic rings. The SMILES string of the molecule is O=CN1CCN(C(=O)c2cncc(C(=O)Nc3ccc(F)c(F)c3F)c2)CC1. The molecular weight excluding hydrogens is 377 g/mol. The maximum absolute atomic E-state index is 13.7. The van der Waals surface area contributed by atoms with E-state index < -0.39 is 29.0 Å². The van der Waals surface area contributed by atoms with Crippen LogP contribution in [0.25, 0.3) is 0 Å². The van der Waals surface area contributed by atoms with Crippen LogP contribution in [-0.4, -0.2) is 59.2 Å². The minimum absolute atomic E-state index is 0.0542. The molecule has 1 N–H and O–H groups in total. The average molecular weight is 392 g/mol. The molecule has 0 atom stereocenters. The predicted molar refractivity (Wildman–Crippen MR) is 92.0 cm³/mol. The van der Waals surface area contributed by atoms with E-state index in [1.165, 1.54) is 17.2 Å². The van der Waals surface area contributed by atoms with E-state index in [2.05, 4.69) is 10.3 Å². The number of carbonyl (C=O) groups is 3. The molecule has 0 aliphatic carbocycles. The van der Waals surface area contributed by atoms with Gasteiger partial charge in [-0.2, -0.15) is 0 Å². The number of aromatic nitrogens is 1. The molecule has 0 spiro atoms.